The molecular weight excluding hydrogens is 355 g/mol. The molecule has 0 bridgehead atoms. The van der Waals surface area contributed by atoms with Crippen LogP contribution in [0.15, 0.2) is 30.5 Å². The van der Waals surface area contributed by atoms with Crippen molar-refractivity contribution in [3.63, 3.8) is 0 Å². The lowest BCUT2D eigenvalue weighted by atomic mass is 9.96. The van der Waals surface area contributed by atoms with E-state index >= 15 is 4.39 Å². The lowest BCUT2D eigenvalue weighted by Crippen LogP contribution is -2.11. The van der Waals surface area contributed by atoms with Crippen LogP contribution in [0.4, 0.5) is 4.39 Å². The highest BCUT2D eigenvalue weighted by molar-refractivity contribution is 5.97. The minimum absolute atomic E-state index is 0.0525. The van der Waals surface area contributed by atoms with E-state index in [9.17, 15) is 9.90 Å². The normalized spacial score (nSPS) is 12.5. The van der Waals surface area contributed by atoms with Gasteiger partial charge in [-0.15, -0.1) is 0 Å². The summed E-state index contributed by atoms with van der Waals surface area (Å²) in [6.07, 6.45) is 3.49. The molecule has 4 nitrogen and oxygen atoms in total. The number of aryl methyl sites for hydroxylation is 2. The standard InChI is InChI=1S/C23H27FN2O2/c1-5-7-20(28)16-11-15(4)22(18(24)12-16)23-19(13-17(27)6-2)26-9-8-14(3)10-21(26)25-23/h8-12,17,27H,5-7,13H2,1-4H3. The molecule has 1 N–H and O–H groups in total. The van der Waals surface area contributed by atoms with E-state index < -0.39 is 11.9 Å². The van der Waals surface area contributed by atoms with E-state index in [1.807, 2.05) is 43.5 Å². The first-order valence-electron chi connectivity index (χ1n) is 9.85. The van der Waals surface area contributed by atoms with Gasteiger partial charge in [0.25, 0.3) is 0 Å². The van der Waals surface area contributed by atoms with Gasteiger partial charge in [-0.25, -0.2) is 9.37 Å². The molecular formula is C23H27FN2O2. The third-order valence-corrected chi connectivity index (χ3v) is 5.10. The third-order valence-electron chi connectivity index (χ3n) is 5.10. The highest BCUT2D eigenvalue weighted by Crippen LogP contribution is 2.32. The molecule has 0 aliphatic heterocycles. The predicted molar refractivity (Wildman–Crippen MR) is 109 cm³/mol. The summed E-state index contributed by atoms with van der Waals surface area (Å²) in [5.41, 5.74) is 4.55. The van der Waals surface area contributed by atoms with Crippen molar-refractivity contribution in [3.05, 3.63) is 58.7 Å². The van der Waals surface area contributed by atoms with E-state index in [-0.39, 0.29) is 5.78 Å². The number of pyridine rings is 1. The van der Waals surface area contributed by atoms with Gasteiger partial charge in [-0.3, -0.25) is 4.79 Å². The number of aliphatic hydroxyl groups is 1. The second kappa shape index (κ2) is 8.23. The Labute approximate surface area is 165 Å². The Morgan fingerprint density at radius 2 is 2.00 bits per heavy atom. The van der Waals surface area contributed by atoms with Crippen LogP contribution in [0.5, 0.6) is 0 Å². The fourth-order valence-electron chi connectivity index (χ4n) is 3.54. The van der Waals surface area contributed by atoms with Crippen molar-refractivity contribution in [2.24, 2.45) is 0 Å². The Bertz CT molecular complexity index is 1000. The van der Waals surface area contributed by atoms with Crippen LogP contribution in [0.25, 0.3) is 16.9 Å². The van der Waals surface area contributed by atoms with Gasteiger partial charge in [-0.1, -0.05) is 13.8 Å². The first-order chi connectivity index (χ1) is 13.3. The molecule has 1 aromatic carbocycles. The topological polar surface area (TPSA) is 54.6 Å². The second-order valence-corrected chi connectivity index (χ2v) is 7.43. The summed E-state index contributed by atoms with van der Waals surface area (Å²) in [5, 5.41) is 10.3. The average molecular weight is 382 g/mol. The molecule has 2 aromatic heterocycles. The van der Waals surface area contributed by atoms with Crippen molar-refractivity contribution in [3.8, 4) is 11.3 Å². The average Bonchev–Trinajstić information content (AvgIpc) is 2.98. The molecule has 0 aliphatic rings. The minimum Gasteiger partial charge on any atom is -0.393 e. The number of hydrogen-bond acceptors (Lipinski definition) is 3. The lowest BCUT2D eigenvalue weighted by molar-refractivity contribution is 0.0981. The number of fused-ring (bicyclic) bond motifs is 1. The molecule has 0 radical (unpaired) electrons. The summed E-state index contributed by atoms with van der Waals surface area (Å²) in [7, 11) is 0. The summed E-state index contributed by atoms with van der Waals surface area (Å²) in [6, 6.07) is 6.97. The summed E-state index contributed by atoms with van der Waals surface area (Å²) in [6.45, 7) is 7.63. The van der Waals surface area contributed by atoms with Crippen molar-refractivity contribution in [1.82, 2.24) is 9.38 Å². The molecule has 1 unspecified atom stereocenters. The summed E-state index contributed by atoms with van der Waals surface area (Å²) in [4.78, 5) is 16.9. The van der Waals surface area contributed by atoms with Crippen LogP contribution < -0.4 is 0 Å². The van der Waals surface area contributed by atoms with Crippen molar-refractivity contribution < 1.29 is 14.3 Å². The maximum Gasteiger partial charge on any atom is 0.162 e. The van der Waals surface area contributed by atoms with Gasteiger partial charge in [-0.2, -0.15) is 0 Å². The summed E-state index contributed by atoms with van der Waals surface area (Å²) in [5.74, 6) is -0.505. The number of ketones is 1. The Hall–Kier alpha value is -2.53. The van der Waals surface area contributed by atoms with Gasteiger partial charge in [-0.05, 0) is 62.1 Å². The molecule has 0 amide bonds. The molecule has 3 rings (SSSR count). The zero-order valence-corrected chi connectivity index (χ0v) is 16.9. The number of carbonyl (C=O) groups excluding carboxylic acids is 1. The Balaban J connectivity index is 2.20. The molecule has 3 aromatic rings. The first-order valence-corrected chi connectivity index (χ1v) is 9.85. The van der Waals surface area contributed by atoms with E-state index in [0.29, 0.717) is 41.6 Å². The number of halogens is 1. The van der Waals surface area contributed by atoms with Crippen molar-refractivity contribution in [2.75, 3.05) is 0 Å². The minimum atomic E-state index is -0.534. The molecule has 148 valence electrons. The number of rotatable bonds is 7. The van der Waals surface area contributed by atoms with Gasteiger partial charge < -0.3 is 9.51 Å². The molecule has 5 heteroatoms. The largest absolute Gasteiger partial charge is 0.393 e. The van der Waals surface area contributed by atoms with Gasteiger partial charge in [0.05, 0.1) is 17.5 Å². The summed E-state index contributed by atoms with van der Waals surface area (Å²) < 4.78 is 17.1. The number of aliphatic hydroxyl groups excluding tert-OH is 1. The molecule has 0 saturated heterocycles. The van der Waals surface area contributed by atoms with Crippen LogP contribution in [0, 0.1) is 19.7 Å². The van der Waals surface area contributed by atoms with Crippen LogP contribution in [0.2, 0.25) is 0 Å². The van der Waals surface area contributed by atoms with Crippen LogP contribution in [0.3, 0.4) is 0 Å². The maximum absolute atomic E-state index is 15.1. The fraction of sp³-hybridized carbons (Fsp3) is 0.391. The molecule has 0 saturated carbocycles. The zero-order valence-electron chi connectivity index (χ0n) is 16.9. The smallest absolute Gasteiger partial charge is 0.162 e. The highest BCUT2D eigenvalue weighted by atomic mass is 19.1. The van der Waals surface area contributed by atoms with Crippen LogP contribution in [-0.2, 0) is 6.42 Å². The predicted octanol–water partition coefficient (Wildman–Crippen LogP) is 5.05. The van der Waals surface area contributed by atoms with Crippen LogP contribution in [0.1, 0.15) is 60.3 Å². The zero-order chi connectivity index (χ0) is 20.4. The Kier molecular flexibility index (Phi) is 5.94. The number of hydrogen-bond donors (Lipinski definition) is 1. The van der Waals surface area contributed by atoms with E-state index in [0.717, 1.165) is 23.3 Å². The Morgan fingerprint density at radius 1 is 1.25 bits per heavy atom. The number of nitrogens with zero attached hydrogens (tertiary/aromatic N) is 2. The maximum atomic E-state index is 15.1. The lowest BCUT2D eigenvalue weighted by Gasteiger charge is -2.13. The second-order valence-electron chi connectivity index (χ2n) is 7.43. The molecule has 0 fully saturated rings. The molecule has 1 atom stereocenters. The van der Waals surface area contributed by atoms with E-state index in [1.165, 1.54) is 6.07 Å². The molecule has 28 heavy (non-hydrogen) atoms. The van der Waals surface area contributed by atoms with E-state index in [2.05, 4.69) is 0 Å². The number of Topliss-reactive ketones (excluding diaryl/α,β-unsaturated/α-hetero) is 1. The number of aromatic nitrogens is 2. The molecule has 2 heterocycles. The quantitative estimate of drug-likeness (QED) is 0.582. The monoisotopic (exact) mass is 382 g/mol. The van der Waals surface area contributed by atoms with Crippen LogP contribution >= 0.6 is 0 Å². The Morgan fingerprint density at radius 3 is 2.64 bits per heavy atom. The van der Waals surface area contributed by atoms with E-state index in [4.69, 9.17) is 4.98 Å². The van der Waals surface area contributed by atoms with E-state index in [1.54, 1.807) is 13.0 Å². The van der Waals surface area contributed by atoms with Gasteiger partial charge in [0, 0.05) is 30.2 Å². The summed E-state index contributed by atoms with van der Waals surface area (Å²) >= 11 is 0. The van der Waals surface area contributed by atoms with Crippen molar-refractivity contribution >= 4 is 11.4 Å². The fourth-order valence-corrected chi connectivity index (χ4v) is 3.54. The third kappa shape index (κ3) is 3.85. The van der Waals surface area contributed by atoms with Gasteiger partial charge >= 0.3 is 0 Å². The number of carbonyl (C=O) groups is 1. The van der Waals surface area contributed by atoms with Gasteiger partial charge in [0.1, 0.15) is 11.5 Å². The van der Waals surface area contributed by atoms with Gasteiger partial charge in [0.15, 0.2) is 5.78 Å². The van der Waals surface area contributed by atoms with Crippen molar-refractivity contribution in [1.29, 1.82) is 0 Å². The molecule has 0 aliphatic carbocycles. The first kappa shape index (κ1) is 20.2. The SMILES string of the molecule is CCCC(=O)c1cc(C)c(-c2nc3cc(C)ccn3c2CC(O)CC)c(F)c1. The highest BCUT2D eigenvalue weighted by Gasteiger charge is 2.22. The molecule has 0 spiro atoms. The number of imidazole rings is 1. The van der Waals surface area contributed by atoms with Crippen LogP contribution in [-0.4, -0.2) is 26.4 Å². The van der Waals surface area contributed by atoms with Crippen molar-refractivity contribution in [2.45, 2.75) is 59.5 Å². The number of benzene rings is 1. The van der Waals surface area contributed by atoms with Gasteiger partial charge in [0.2, 0.25) is 0 Å².